The Kier molecular flexibility index (Phi) is 2.37. The molecule has 0 bridgehead atoms. The summed E-state index contributed by atoms with van der Waals surface area (Å²) in [7, 11) is 0. The molecule has 5 heteroatoms. The molecule has 0 saturated carbocycles. The highest BCUT2D eigenvalue weighted by Gasteiger charge is 2.18. The Bertz CT molecular complexity index is 638. The van der Waals surface area contributed by atoms with Crippen LogP contribution in [-0.4, -0.2) is 0 Å². The summed E-state index contributed by atoms with van der Waals surface area (Å²) in [6.07, 6.45) is 1.25. The predicted molar refractivity (Wildman–Crippen MR) is 61.0 cm³/mol. The van der Waals surface area contributed by atoms with Crippen molar-refractivity contribution in [2.24, 2.45) is 0 Å². The third-order valence-corrected chi connectivity index (χ3v) is 3.28. The van der Waals surface area contributed by atoms with Gasteiger partial charge in [0, 0.05) is 17.0 Å². The highest BCUT2D eigenvalue weighted by atomic mass is 32.1. The fourth-order valence-corrected chi connectivity index (χ4v) is 2.50. The summed E-state index contributed by atoms with van der Waals surface area (Å²) >= 11 is 0.934. The number of thiophene rings is 1. The van der Waals surface area contributed by atoms with E-state index in [1.165, 1.54) is 6.08 Å². The van der Waals surface area contributed by atoms with Gasteiger partial charge in [0.25, 0.3) is 0 Å². The fourth-order valence-electron chi connectivity index (χ4n) is 1.56. The van der Waals surface area contributed by atoms with E-state index in [-0.39, 0.29) is 26.2 Å². The zero-order chi connectivity index (χ0) is 11.9. The lowest BCUT2D eigenvalue weighted by atomic mass is 10.1. The Labute approximate surface area is 94.2 Å². The van der Waals surface area contributed by atoms with Crippen molar-refractivity contribution in [3.63, 3.8) is 0 Å². The van der Waals surface area contributed by atoms with Crippen molar-refractivity contribution in [3.8, 4) is 6.07 Å². The summed E-state index contributed by atoms with van der Waals surface area (Å²) in [5, 5.41) is 9.30. The number of hydrogen-bond acceptors (Lipinski definition) is 3. The van der Waals surface area contributed by atoms with E-state index in [4.69, 9.17) is 11.0 Å². The molecule has 0 aliphatic rings. The number of nitrogens with two attached hydrogens (primary N) is 1. The van der Waals surface area contributed by atoms with Crippen LogP contribution in [0.4, 0.5) is 13.8 Å². The van der Waals surface area contributed by atoms with E-state index in [0.29, 0.717) is 0 Å². The number of anilines is 1. The summed E-state index contributed by atoms with van der Waals surface area (Å²) < 4.78 is 27.1. The first-order chi connectivity index (χ1) is 7.60. The van der Waals surface area contributed by atoms with Crippen molar-refractivity contribution >= 4 is 32.5 Å². The Morgan fingerprint density at radius 1 is 1.44 bits per heavy atom. The number of fused-ring (bicyclic) bond motifs is 1. The molecule has 2 nitrogen and oxygen atoms in total. The fraction of sp³-hybridized carbons (Fsp3) is 0. The lowest BCUT2D eigenvalue weighted by Crippen LogP contribution is -1.89. The zero-order valence-corrected chi connectivity index (χ0v) is 8.87. The third kappa shape index (κ3) is 1.27. The number of benzene rings is 1. The second kappa shape index (κ2) is 3.58. The van der Waals surface area contributed by atoms with Gasteiger partial charge in [0.05, 0.1) is 10.3 Å². The Morgan fingerprint density at radius 2 is 2.12 bits per heavy atom. The van der Waals surface area contributed by atoms with Crippen LogP contribution < -0.4 is 5.73 Å². The van der Waals surface area contributed by atoms with E-state index in [9.17, 15) is 8.78 Å². The minimum Gasteiger partial charge on any atom is -0.389 e. The van der Waals surface area contributed by atoms with Crippen LogP contribution in [0.25, 0.3) is 16.2 Å². The molecule has 0 atom stereocenters. The van der Waals surface area contributed by atoms with Crippen LogP contribution in [-0.2, 0) is 0 Å². The van der Waals surface area contributed by atoms with E-state index >= 15 is 0 Å². The topological polar surface area (TPSA) is 49.8 Å². The molecule has 1 heterocycles. The summed E-state index contributed by atoms with van der Waals surface area (Å²) in [4.78, 5) is 0. The van der Waals surface area contributed by atoms with Crippen molar-refractivity contribution in [2.75, 3.05) is 5.73 Å². The lowest BCUT2D eigenvalue weighted by Gasteiger charge is -2.00. The van der Waals surface area contributed by atoms with Gasteiger partial charge in [0.2, 0.25) is 0 Å². The number of nitrogen functional groups attached to an aromatic ring is 1. The molecule has 0 unspecified atom stereocenters. The first-order valence-electron chi connectivity index (χ1n) is 4.32. The van der Waals surface area contributed by atoms with Crippen molar-refractivity contribution < 1.29 is 8.78 Å². The van der Waals surface area contributed by atoms with Crippen molar-refractivity contribution in [3.05, 3.63) is 35.4 Å². The van der Waals surface area contributed by atoms with Gasteiger partial charge in [0.15, 0.2) is 0 Å². The number of nitriles is 1. The minimum absolute atomic E-state index is 0.105. The molecular weight excluding hydrogens is 230 g/mol. The molecule has 2 rings (SSSR count). The van der Waals surface area contributed by atoms with Gasteiger partial charge >= 0.3 is 0 Å². The molecule has 2 N–H and O–H groups in total. The highest BCUT2D eigenvalue weighted by Crippen LogP contribution is 2.38. The molecule has 16 heavy (non-hydrogen) atoms. The minimum atomic E-state index is -0.741. The summed E-state index contributed by atoms with van der Waals surface area (Å²) in [5.41, 5.74) is 5.80. The maximum absolute atomic E-state index is 13.5. The van der Waals surface area contributed by atoms with Gasteiger partial charge in [-0.2, -0.15) is 5.26 Å². The van der Waals surface area contributed by atoms with E-state index in [2.05, 4.69) is 6.58 Å². The average Bonchev–Trinajstić information content (AvgIpc) is 2.56. The maximum Gasteiger partial charge on any atom is 0.144 e. The Hall–Kier alpha value is -1.93. The van der Waals surface area contributed by atoms with Crippen LogP contribution in [0, 0.1) is 23.0 Å². The quantitative estimate of drug-likeness (QED) is 0.826. The van der Waals surface area contributed by atoms with Gasteiger partial charge in [-0.15, -0.1) is 11.3 Å². The van der Waals surface area contributed by atoms with Gasteiger partial charge < -0.3 is 5.73 Å². The lowest BCUT2D eigenvalue weighted by molar-refractivity contribution is 0.591. The first kappa shape index (κ1) is 10.6. The number of nitrogens with zero attached hydrogens (tertiary/aromatic N) is 1. The summed E-state index contributed by atoms with van der Waals surface area (Å²) in [6, 6.07) is 2.63. The monoisotopic (exact) mass is 236 g/mol. The molecule has 0 fully saturated rings. The smallest absolute Gasteiger partial charge is 0.144 e. The molecule has 1 aromatic heterocycles. The molecule has 2 aromatic rings. The Balaban J connectivity index is 3.08. The van der Waals surface area contributed by atoms with Crippen molar-refractivity contribution in [1.82, 2.24) is 0 Å². The zero-order valence-electron chi connectivity index (χ0n) is 8.05. The van der Waals surface area contributed by atoms with Crippen LogP contribution >= 0.6 is 11.3 Å². The van der Waals surface area contributed by atoms with Crippen molar-refractivity contribution in [1.29, 1.82) is 5.26 Å². The maximum atomic E-state index is 13.5. The van der Waals surface area contributed by atoms with E-state index < -0.39 is 11.6 Å². The first-order valence-corrected chi connectivity index (χ1v) is 5.14. The van der Waals surface area contributed by atoms with E-state index in [0.717, 1.165) is 17.4 Å². The summed E-state index contributed by atoms with van der Waals surface area (Å²) in [5.74, 6) is -1.45. The van der Waals surface area contributed by atoms with Gasteiger partial charge in [-0.25, -0.2) is 8.78 Å². The number of rotatable bonds is 1. The van der Waals surface area contributed by atoms with Gasteiger partial charge in [-0.1, -0.05) is 12.7 Å². The average molecular weight is 236 g/mol. The molecule has 1 aromatic carbocycles. The molecule has 0 spiro atoms. The number of hydrogen-bond donors (Lipinski definition) is 1. The van der Waals surface area contributed by atoms with E-state index in [1.807, 2.05) is 6.07 Å². The van der Waals surface area contributed by atoms with E-state index in [1.54, 1.807) is 0 Å². The SMILES string of the molecule is C=Cc1c(F)cc(F)c2sc(N)c(C#N)c12. The van der Waals surface area contributed by atoms with Crippen molar-refractivity contribution in [2.45, 2.75) is 0 Å². The molecular formula is C11H6F2N2S. The largest absolute Gasteiger partial charge is 0.389 e. The molecule has 0 amide bonds. The third-order valence-electron chi connectivity index (χ3n) is 2.25. The standard InChI is InChI=1S/C11H6F2N2S/c1-2-5-7(12)3-8(13)10-9(5)6(4-14)11(15)16-10/h2-3H,1,15H2. The molecule has 0 aliphatic carbocycles. The van der Waals surface area contributed by atoms with Crippen LogP contribution in [0.3, 0.4) is 0 Å². The second-order valence-corrected chi connectivity index (χ2v) is 4.17. The molecule has 0 saturated heterocycles. The van der Waals surface area contributed by atoms with Gasteiger partial charge in [-0.05, 0) is 0 Å². The number of halogens is 2. The summed E-state index contributed by atoms with van der Waals surface area (Å²) in [6.45, 7) is 3.45. The molecule has 0 radical (unpaired) electrons. The second-order valence-electron chi connectivity index (χ2n) is 3.12. The molecule has 80 valence electrons. The van der Waals surface area contributed by atoms with Crippen LogP contribution in [0.1, 0.15) is 11.1 Å². The van der Waals surface area contributed by atoms with Crippen LogP contribution in [0.5, 0.6) is 0 Å². The normalized spacial score (nSPS) is 10.3. The predicted octanol–water partition coefficient (Wildman–Crippen LogP) is 3.28. The highest BCUT2D eigenvalue weighted by molar-refractivity contribution is 7.23. The van der Waals surface area contributed by atoms with Gasteiger partial charge in [-0.3, -0.25) is 0 Å². The van der Waals surface area contributed by atoms with Gasteiger partial charge in [0.1, 0.15) is 22.7 Å². The van der Waals surface area contributed by atoms with Crippen LogP contribution in [0.15, 0.2) is 12.6 Å². The molecule has 0 aliphatic heterocycles. The van der Waals surface area contributed by atoms with Crippen LogP contribution in [0.2, 0.25) is 0 Å². The Morgan fingerprint density at radius 3 is 2.69 bits per heavy atom.